The molecule has 2 aromatic carbocycles. The average molecular weight is 260 g/mol. The SMILES string of the molecule is COc1ccc(C(=O)Nc2ccccc2N)c(F)c1. The molecule has 98 valence electrons. The van der Waals surface area contributed by atoms with Crippen LogP contribution >= 0.6 is 0 Å². The standard InChI is InChI=1S/C14H13FN2O2/c1-19-9-6-7-10(11(15)8-9)14(18)17-13-5-3-2-4-12(13)16/h2-8H,16H2,1H3,(H,17,18). The van der Waals surface area contributed by atoms with E-state index in [0.717, 1.165) is 6.07 Å². The van der Waals surface area contributed by atoms with Crippen LogP contribution in [0, 0.1) is 5.82 Å². The maximum absolute atomic E-state index is 13.7. The number of ether oxygens (including phenoxy) is 1. The third kappa shape index (κ3) is 2.82. The first-order chi connectivity index (χ1) is 9.11. The Morgan fingerprint density at radius 3 is 2.63 bits per heavy atom. The average Bonchev–Trinajstić information content (AvgIpc) is 2.41. The summed E-state index contributed by atoms with van der Waals surface area (Å²) in [5, 5.41) is 2.56. The van der Waals surface area contributed by atoms with Crippen LogP contribution < -0.4 is 15.8 Å². The molecule has 0 aromatic heterocycles. The minimum Gasteiger partial charge on any atom is -0.497 e. The summed E-state index contributed by atoms with van der Waals surface area (Å²) in [4.78, 5) is 11.9. The summed E-state index contributed by atoms with van der Waals surface area (Å²) in [6.45, 7) is 0. The number of nitrogens with one attached hydrogen (secondary N) is 1. The molecule has 0 spiro atoms. The van der Waals surface area contributed by atoms with Crippen molar-refractivity contribution in [1.29, 1.82) is 0 Å². The van der Waals surface area contributed by atoms with Crippen molar-refractivity contribution in [3.63, 3.8) is 0 Å². The van der Waals surface area contributed by atoms with Gasteiger partial charge < -0.3 is 15.8 Å². The van der Waals surface area contributed by atoms with Crippen LogP contribution in [0.15, 0.2) is 42.5 Å². The lowest BCUT2D eigenvalue weighted by molar-refractivity contribution is 0.102. The van der Waals surface area contributed by atoms with E-state index in [1.165, 1.54) is 19.2 Å². The number of para-hydroxylation sites is 2. The van der Waals surface area contributed by atoms with E-state index >= 15 is 0 Å². The van der Waals surface area contributed by atoms with E-state index in [-0.39, 0.29) is 5.56 Å². The van der Waals surface area contributed by atoms with E-state index in [4.69, 9.17) is 10.5 Å². The van der Waals surface area contributed by atoms with Crippen LogP contribution in [0.25, 0.3) is 0 Å². The van der Waals surface area contributed by atoms with Gasteiger partial charge in [-0.05, 0) is 24.3 Å². The van der Waals surface area contributed by atoms with Crippen molar-refractivity contribution in [2.45, 2.75) is 0 Å². The zero-order valence-corrected chi connectivity index (χ0v) is 10.3. The van der Waals surface area contributed by atoms with Gasteiger partial charge in [0.15, 0.2) is 0 Å². The molecule has 19 heavy (non-hydrogen) atoms. The van der Waals surface area contributed by atoms with Gasteiger partial charge in [0.2, 0.25) is 0 Å². The Morgan fingerprint density at radius 1 is 1.26 bits per heavy atom. The Balaban J connectivity index is 2.23. The number of nitrogens with two attached hydrogens (primary N) is 1. The maximum Gasteiger partial charge on any atom is 0.258 e. The van der Waals surface area contributed by atoms with Gasteiger partial charge in [-0.1, -0.05) is 12.1 Å². The Kier molecular flexibility index (Phi) is 3.66. The predicted molar refractivity (Wildman–Crippen MR) is 71.8 cm³/mol. The van der Waals surface area contributed by atoms with Crippen LogP contribution in [0.2, 0.25) is 0 Å². The number of methoxy groups -OCH3 is 1. The summed E-state index contributed by atoms with van der Waals surface area (Å²) in [5.41, 5.74) is 6.50. The molecule has 5 heteroatoms. The van der Waals surface area contributed by atoms with Crippen molar-refractivity contribution in [1.82, 2.24) is 0 Å². The number of carbonyl (C=O) groups excluding carboxylic acids is 1. The van der Waals surface area contributed by atoms with Gasteiger partial charge in [-0.25, -0.2) is 4.39 Å². The van der Waals surface area contributed by atoms with Gasteiger partial charge >= 0.3 is 0 Å². The van der Waals surface area contributed by atoms with E-state index < -0.39 is 11.7 Å². The monoisotopic (exact) mass is 260 g/mol. The zero-order chi connectivity index (χ0) is 13.8. The summed E-state index contributed by atoms with van der Waals surface area (Å²) in [6.07, 6.45) is 0. The molecule has 2 aromatic rings. The van der Waals surface area contributed by atoms with E-state index in [1.807, 2.05) is 0 Å². The summed E-state index contributed by atoms with van der Waals surface area (Å²) >= 11 is 0. The van der Waals surface area contributed by atoms with Gasteiger partial charge in [0.25, 0.3) is 5.91 Å². The predicted octanol–water partition coefficient (Wildman–Crippen LogP) is 2.67. The van der Waals surface area contributed by atoms with Crippen molar-refractivity contribution in [2.24, 2.45) is 0 Å². The molecule has 0 heterocycles. The fourth-order valence-corrected chi connectivity index (χ4v) is 1.61. The number of benzene rings is 2. The third-order valence-electron chi connectivity index (χ3n) is 2.63. The van der Waals surface area contributed by atoms with Crippen LogP contribution in [0.3, 0.4) is 0 Å². The largest absolute Gasteiger partial charge is 0.497 e. The first-order valence-electron chi connectivity index (χ1n) is 5.61. The van der Waals surface area contributed by atoms with E-state index in [0.29, 0.717) is 17.1 Å². The van der Waals surface area contributed by atoms with Crippen LogP contribution in [0.4, 0.5) is 15.8 Å². The highest BCUT2D eigenvalue weighted by atomic mass is 19.1. The van der Waals surface area contributed by atoms with Crippen molar-refractivity contribution in [3.05, 3.63) is 53.8 Å². The number of halogens is 1. The molecule has 0 atom stereocenters. The molecule has 0 saturated carbocycles. The summed E-state index contributed by atoms with van der Waals surface area (Å²) < 4.78 is 18.6. The van der Waals surface area contributed by atoms with Crippen molar-refractivity contribution < 1.29 is 13.9 Å². The molecule has 4 nitrogen and oxygen atoms in total. The maximum atomic E-state index is 13.7. The molecule has 0 saturated heterocycles. The molecule has 2 rings (SSSR count). The van der Waals surface area contributed by atoms with Crippen LogP contribution in [0.5, 0.6) is 5.75 Å². The Labute approximate surface area is 110 Å². The quantitative estimate of drug-likeness (QED) is 0.834. The number of hydrogen-bond acceptors (Lipinski definition) is 3. The molecule has 1 amide bonds. The molecule has 0 bridgehead atoms. The summed E-state index contributed by atoms with van der Waals surface area (Å²) in [6, 6.07) is 10.8. The van der Waals surface area contributed by atoms with Gasteiger partial charge in [-0.15, -0.1) is 0 Å². The van der Waals surface area contributed by atoms with Crippen LogP contribution in [0.1, 0.15) is 10.4 Å². The number of anilines is 2. The Bertz CT molecular complexity index is 614. The molecular formula is C14H13FN2O2. The highest BCUT2D eigenvalue weighted by molar-refractivity contribution is 6.05. The minimum atomic E-state index is -0.647. The number of carbonyl (C=O) groups is 1. The Hall–Kier alpha value is -2.56. The number of hydrogen-bond donors (Lipinski definition) is 2. The second-order valence-corrected chi connectivity index (χ2v) is 3.89. The molecule has 0 aliphatic rings. The fraction of sp³-hybridized carbons (Fsp3) is 0.0714. The van der Waals surface area contributed by atoms with Gasteiger partial charge in [0, 0.05) is 6.07 Å². The summed E-state index contributed by atoms with van der Waals surface area (Å²) in [5.74, 6) is -0.849. The van der Waals surface area contributed by atoms with Crippen LogP contribution in [-0.4, -0.2) is 13.0 Å². The normalized spacial score (nSPS) is 10.0. The van der Waals surface area contributed by atoms with Crippen LogP contribution in [-0.2, 0) is 0 Å². The molecule has 0 aliphatic carbocycles. The molecule has 0 unspecified atom stereocenters. The fourth-order valence-electron chi connectivity index (χ4n) is 1.61. The van der Waals surface area contributed by atoms with Gasteiger partial charge in [0.05, 0.1) is 24.0 Å². The Morgan fingerprint density at radius 2 is 2.00 bits per heavy atom. The molecule has 0 fully saturated rings. The number of nitrogen functional groups attached to an aromatic ring is 1. The lowest BCUT2D eigenvalue weighted by atomic mass is 10.1. The second-order valence-electron chi connectivity index (χ2n) is 3.89. The minimum absolute atomic E-state index is 0.0657. The van der Waals surface area contributed by atoms with E-state index in [1.54, 1.807) is 24.3 Å². The third-order valence-corrected chi connectivity index (χ3v) is 2.63. The molecule has 0 aliphatic heterocycles. The van der Waals surface area contributed by atoms with Gasteiger partial charge in [0.1, 0.15) is 11.6 Å². The first kappa shape index (κ1) is 12.9. The van der Waals surface area contributed by atoms with E-state index in [9.17, 15) is 9.18 Å². The second kappa shape index (κ2) is 5.39. The summed E-state index contributed by atoms with van der Waals surface area (Å²) in [7, 11) is 1.43. The number of rotatable bonds is 3. The number of amides is 1. The topological polar surface area (TPSA) is 64.3 Å². The smallest absolute Gasteiger partial charge is 0.258 e. The first-order valence-corrected chi connectivity index (χ1v) is 5.61. The highest BCUT2D eigenvalue weighted by Gasteiger charge is 2.13. The molecular weight excluding hydrogens is 247 g/mol. The highest BCUT2D eigenvalue weighted by Crippen LogP contribution is 2.20. The zero-order valence-electron chi connectivity index (χ0n) is 10.3. The lowest BCUT2D eigenvalue weighted by Gasteiger charge is -2.09. The van der Waals surface area contributed by atoms with Gasteiger partial charge in [-0.3, -0.25) is 4.79 Å². The van der Waals surface area contributed by atoms with Crippen molar-refractivity contribution in [3.8, 4) is 5.75 Å². The van der Waals surface area contributed by atoms with Gasteiger partial charge in [-0.2, -0.15) is 0 Å². The lowest BCUT2D eigenvalue weighted by Crippen LogP contribution is -2.14. The van der Waals surface area contributed by atoms with Crippen molar-refractivity contribution >= 4 is 17.3 Å². The van der Waals surface area contributed by atoms with E-state index in [2.05, 4.69) is 5.32 Å². The molecule has 0 radical (unpaired) electrons. The van der Waals surface area contributed by atoms with Crippen molar-refractivity contribution in [2.75, 3.05) is 18.2 Å². The molecule has 3 N–H and O–H groups in total.